The molecule has 0 unspecified atom stereocenters. The number of carbonyl (C=O) groups is 1. The van der Waals surface area contributed by atoms with Gasteiger partial charge in [0, 0.05) is 6.08 Å². The highest BCUT2D eigenvalue weighted by Gasteiger charge is 2.33. The first-order chi connectivity index (χ1) is 19.1. The van der Waals surface area contributed by atoms with Crippen LogP contribution in [-0.2, 0) is 4.79 Å². The second-order valence-electron chi connectivity index (χ2n) is 9.18. The summed E-state index contributed by atoms with van der Waals surface area (Å²) in [6.45, 7) is 7.70. The summed E-state index contributed by atoms with van der Waals surface area (Å²) in [5.41, 5.74) is 3.68. The van der Waals surface area contributed by atoms with Crippen molar-refractivity contribution in [2.75, 3.05) is 0 Å². The minimum Gasteiger partial charge on any atom is -0.478 e. The van der Waals surface area contributed by atoms with Crippen molar-refractivity contribution in [3.8, 4) is 5.75 Å². The molecule has 1 aliphatic carbocycles. The van der Waals surface area contributed by atoms with Crippen LogP contribution in [0.4, 0.5) is 23.2 Å². The summed E-state index contributed by atoms with van der Waals surface area (Å²) < 4.78 is 57.1. The average Bonchev–Trinajstić information content (AvgIpc) is 3.25. The van der Waals surface area contributed by atoms with E-state index in [9.17, 15) is 22.4 Å². The molecule has 0 amide bonds. The number of aliphatic carboxylic acids is 1. The maximum absolute atomic E-state index is 14.5. The van der Waals surface area contributed by atoms with Crippen LogP contribution in [0.5, 0.6) is 5.75 Å². The van der Waals surface area contributed by atoms with E-state index in [0.29, 0.717) is 33.4 Å². The summed E-state index contributed by atoms with van der Waals surface area (Å²) in [5, 5.41) is 15.4. The fraction of sp³-hybridized carbons (Fsp3) is 0.172. The van der Waals surface area contributed by atoms with Crippen LogP contribution in [0, 0.1) is 18.4 Å². The molecule has 5 rings (SSSR count). The first kappa shape index (κ1) is 26.6. The van der Waals surface area contributed by atoms with Crippen molar-refractivity contribution in [2.45, 2.75) is 25.6 Å². The molecule has 2 aromatic carbocycles. The quantitative estimate of drug-likeness (QED) is 0.143. The molecule has 40 heavy (non-hydrogen) atoms. The van der Waals surface area contributed by atoms with E-state index in [0.717, 1.165) is 37.6 Å². The zero-order chi connectivity index (χ0) is 28.4. The SMILES string of the molecule is [C-]#[N+]c1cc(OC(F)(F)F)cnc1/C(=C(\c1ccc(/C=C/C(=O)O)cc1)c1ccc2n[nH]c(F)c2c1)C1CCC1. The Morgan fingerprint density at radius 3 is 2.48 bits per heavy atom. The van der Waals surface area contributed by atoms with Gasteiger partial charge in [0.15, 0.2) is 0 Å². The molecule has 0 saturated heterocycles. The number of carboxylic acids is 1. The van der Waals surface area contributed by atoms with Gasteiger partial charge < -0.3 is 9.84 Å². The van der Waals surface area contributed by atoms with Crippen molar-refractivity contribution in [3.05, 3.63) is 101 Å². The summed E-state index contributed by atoms with van der Waals surface area (Å²) in [4.78, 5) is 18.7. The number of H-pyrrole nitrogens is 1. The number of allylic oxidation sites excluding steroid dienone is 1. The number of halogens is 4. The van der Waals surface area contributed by atoms with E-state index in [-0.39, 0.29) is 22.7 Å². The molecule has 11 heteroatoms. The number of nitrogens with one attached hydrogen (secondary N) is 1. The Labute approximate surface area is 225 Å². The fourth-order valence-electron chi connectivity index (χ4n) is 4.67. The number of nitrogens with zero attached hydrogens (tertiary/aromatic N) is 3. The molecule has 0 aliphatic heterocycles. The summed E-state index contributed by atoms with van der Waals surface area (Å²) in [6, 6.07) is 13.0. The smallest absolute Gasteiger partial charge is 0.478 e. The maximum Gasteiger partial charge on any atom is 0.573 e. The fourth-order valence-corrected chi connectivity index (χ4v) is 4.67. The van der Waals surface area contributed by atoms with Crippen LogP contribution in [0.1, 0.15) is 41.6 Å². The molecule has 2 heterocycles. The van der Waals surface area contributed by atoms with Crippen molar-refractivity contribution in [1.29, 1.82) is 0 Å². The number of aromatic amines is 1. The number of hydrogen-bond acceptors (Lipinski definition) is 4. The minimum absolute atomic E-state index is 0.0612. The van der Waals surface area contributed by atoms with Crippen LogP contribution in [0.3, 0.4) is 0 Å². The first-order valence-electron chi connectivity index (χ1n) is 12.2. The number of pyridine rings is 1. The number of benzene rings is 2. The summed E-state index contributed by atoms with van der Waals surface area (Å²) >= 11 is 0. The third-order valence-electron chi connectivity index (χ3n) is 6.65. The van der Waals surface area contributed by atoms with E-state index in [2.05, 4.69) is 24.8 Å². The third kappa shape index (κ3) is 5.56. The molecule has 4 aromatic rings. The van der Waals surface area contributed by atoms with Crippen LogP contribution in [-0.4, -0.2) is 32.6 Å². The second kappa shape index (κ2) is 10.6. The van der Waals surface area contributed by atoms with Gasteiger partial charge in [0.1, 0.15) is 5.75 Å². The average molecular weight is 548 g/mol. The van der Waals surface area contributed by atoms with Gasteiger partial charge in [-0.2, -0.15) is 9.49 Å². The van der Waals surface area contributed by atoms with E-state index in [1.54, 1.807) is 42.5 Å². The number of rotatable bonds is 7. The van der Waals surface area contributed by atoms with E-state index < -0.39 is 24.0 Å². The van der Waals surface area contributed by atoms with Gasteiger partial charge in [-0.15, -0.1) is 13.2 Å². The van der Waals surface area contributed by atoms with Crippen molar-refractivity contribution >= 4 is 39.8 Å². The lowest BCUT2D eigenvalue weighted by atomic mass is 9.74. The Hall–Kier alpha value is -4.98. The van der Waals surface area contributed by atoms with Crippen LogP contribution in [0.2, 0.25) is 0 Å². The highest BCUT2D eigenvalue weighted by Crippen LogP contribution is 2.47. The van der Waals surface area contributed by atoms with Crippen LogP contribution >= 0.6 is 0 Å². The van der Waals surface area contributed by atoms with E-state index in [1.807, 2.05) is 0 Å². The summed E-state index contributed by atoms with van der Waals surface area (Å²) in [5.74, 6) is -2.38. The van der Waals surface area contributed by atoms with Crippen molar-refractivity contribution in [3.63, 3.8) is 0 Å². The predicted molar refractivity (Wildman–Crippen MR) is 140 cm³/mol. The standard InChI is InChI=1S/C29H20F4N4O3/c1-34-23-14-20(40-29(31,32)33)15-35-27(23)26(17-3-2-4-17)25(18-8-5-16(6-9-18)7-12-24(38)39)19-10-11-22-21(13-19)28(30)37-36-22/h5-15,17H,2-4H2,(H,36,37)(H,38,39)/b12-7+,26-25+. The van der Waals surface area contributed by atoms with Crippen LogP contribution < -0.4 is 4.74 Å². The van der Waals surface area contributed by atoms with Crippen LogP contribution in [0.25, 0.3) is 33.0 Å². The summed E-state index contributed by atoms with van der Waals surface area (Å²) in [7, 11) is 0. The number of alkyl halides is 3. The highest BCUT2D eigenvalue weighted by molar-refractivity contribution is 6.02. The Morgan fingerprint density at radius 1 is 1.12 bits per heavy atom. The van der Waals surface area contributed by atoms with Crippen molar-refractivity contribution < 1.29 is 32.2 Å². The molecule has 0 atom stereocenters. The largest absolute Gasteiger partial charge is 0.573 e. The molecular formula is C29H20F4N4O3. The molecular weight excluding hydrogens is 528 g/mol. The molecule has 0 radical (unpaired) electrons. The third-order valence-corrected chi connectivity index (χ3v) is 6.65. The molecule has 2 N–H and O–H groups in total. The second-order valence-corrected chi connectivity index (χ2v) is 9.18. The lowest BCUT2D eigenvalue weighted by molar-refractivity contribution is -0.274. The molecule has 1 saturated carbocycles. The summed E-state index contributed by atoms with van der Waals surface area (Å²) in [6.07, 6.45) is 0.887. The van der Waals surface area contributed by atoms with E-state index in [1.165, 1.54) is 6.08 Å². The zero-order valence-electron chi connectivity index (χ0n) is 20.7. The van der Waals surface area contributed by atoms with Gasteiger partial charge in [-0.1, -0.05) is 36.8 Å². The monoisotopic (exact) mass is 548 g/mol. The Morgan fingerprint density at radius 2 is 1.85 bits per heavy atom. The Balaban J connectivity index is 1.76. The molecule has 2 aromatic heterocycles. The van der Waals surface area contributed by atoms with E-state index >= 15 is 0 Å². The number of aromatic nitrogens is 3. The Bertz CT molecular complexity index is 1700. The maximum atomic E-state index is 14.5. The predicted octanol–water partition coefficient (Wildman–Crippen LogP) is 7.40. The number of carboxylic acid groups (broad SMARTS) is 1. The van der Waals surface area contributed by atoms with Gasteiger partial charge in [-0.25, -0.2) is 9.64 Å². The molecule has 1 fully saturated rings. The molecule has 0 spiro atoms. The first-order valence-corrected chi connectivity index (χ1v) is 12.2. The van der Waals surface area contributed by atoms with Crippen LogP contribution in [0.15, 0.2) is 60.8 Å². The highest BCUT2D eigenvalue weighted by atomic mass is 19.4. The van der Waals surface area contributed by atoms with Gasteiger partial charge in [-0.3, -0.25) is 10.1 Å². The lowest BCUT2D eigenvalue weighted by Crippen LogP contribution is -2.18. The van der Waals surface area contributed by atoms with Gasteiger partial charge >= 0.3 is 12.3 Å². The Kier molecular flexibility index (Phi) is 7.09. The topological polar surface area (TPSA) is 92.5 Å². The minimum atomic E-state index is -4.94. The van der Waals surface area contributed by atoms with E-state index in [4.69, 9.17) is 11.7 Å². The molecule has 7 nitrogen and oxygen atoms in total. The molecule has 1 aliphatic rings. The molecule has 0 bridgehead atoms. The van der Waals surface area contributed by atoms with Gasteiger partial charge in [0.2, 0.25) is 11.6 Å². The lowest BCUT2D eigenvalue weighted by Gasteiger charge is -2.31. The van der Waals surface area contributed by atoms with Gasteiger partial charge in [0.25, 0.3) is 0 Å². The number of hydrogen-bond donors (Lipinski definition) is 2. The van der Waals surface area contributed by atoms with Gasteiger partial charge in [0.05, 0.1) is 29.4 Å². The van der Waals surface area contributed by atoms with Gasteiger partial charge in [-0.05, 0) is 70.9 Å². The van der Waals surface area contributed by atoms with Crippen molar-refractivity contribution in [2.24, 2.45) is 5.92 Å². The van der Waals surface area contributed by atoms with Crippen molar-refractivity contribution in [1.82, 2.24) is 15.2 Å². The number of ether oxygens (including phenoxy) is 1. The normalized spacial score (nSPS) is 14.6. The number of fused-ring (bicyclic) bond motifs is 1. The molecule has 202 valence electrons. The zero-order valence-corrected chi connectivity index (χ0v) is 20.7.